The summed E-state index contributed by atoms with van der Waals surface area (Å²) >= 11 is 0. The van der Waals surface area contributed by atoms with Crippen molar-refractivity contribution in [3.63, 3.8) is 0 Å². The zero-order valence-electron chi connectivity index (χ0n) is 6.62. The first-order valence-electron chi connectivity index (χ1n) is 3.75. The Balaban J connectivity index is 2.62. The van der Waals surface area contributed by atoms with Gasteiger partial charge in [-0.25, -0.2) is 8.42 Å². The quantitative estimate of drug-likeness (QED) is 0.412. The maximum absolute atomic E-state index is 11.5. The molecule has 0 aromatic rings. The molecule has 0 unspecified atom stereocenters. The maximum atomic E-state index is 11.5. The monoisotopic (exact) mass is 179 g/mol. The van der Waals surface area contributed by atoms with E-state index >= 15 is 0 Å². The molecule has 1 fully saturated rings. The van der Waals surface area contributed by atoms with Crippen molar-refractivity contribution in [2.24, 2.45) is 0 Å². The molecule has 11 heavy (non-hydrogen) atoms. The van der Waals surface area contributed by atoms with Gasteiger partial charge in [0.2, 0.25) is 0 Å². The van der Waals surface area contributed by atoms with E-state index in [1.165, 1.54) is 0 Å². The number of rotatable bonds is 1. The van der Waals surface area contributed by atoms with E-state index in [0.717, 1.165) is 0 Å². The molecule has 0 aromatic heterocycles. The van der Waals surface area contributed by atoms with Gasteiger partial charge in [-0.1, -0.05) is 0 Å². The lowest BCUT2D eigenvalue weighted by atomic mass is 10.5. The molecule has 1 saturated heterocycles. The van der Waals surface area contributed by atoms with Crippen LogP contribution in [0.5, 0.6) is 0 Å². The van der Waals surface area contributed by atoms with Crippen LogP contribution in [0.4, 0.5) is 0 Å². The van der Waals surface area contributed by atoms with Crippen LogP contribution in [-0.2, 0) is 9.84 Å². The van der Waals surface area contributed by atoms with E-state index in [1.807, 2.05) is 0 Å². The van der Waals surface area contributed by atoms with Gasteiger partial charge >= 0.3 is 0 Å². The average Bonchev–Trinajstić information content (AvgIpc) is 1.97. The van der Waals surface area contributed by atoms with Gasteiger partial charge in [-0.15, -0.1) is 0 Å². The van der Waals surface area contributed by atoms with Gasteiger partial charge in [0.25, 0.3) is 0 Å². The minimum Gasteiger partial charge on any atom is -0.633 e. The highest BCUT2D eigenvalue weighted by Gasteiger charge is 2.27. The molecule has 0 atom stereocenters. The highest BCUT2D eigenvalue weighted by molar-refractivity contribution is 7.91. The number of hydrogen-bond donors (Lipinski definition) is 0. The van der Waals surface area contributed by atoms with E-state index in [2.05, 4.69) is 0 Å². The smallest absolute Gasteiger partial charge is 0.161 e. The molecule has 5 heteroatoms. The summed E-state index contributed by atoms with van der Waals surface area (Å²) in [4.78, 5) is 0. The van der Waals surface area contributed by atoms with Crippen LogP contribution in [0.3, 0.4) is 0 Å². The van der Waals surface area contributed by atoms with Gasteiger partial charge in [0, 0.05) is 0 Å². The molecule has 0 saturated carbocycles. The Labute approximate surface area is 66.9 Å². The minimum absolute atomic E-state index is 0.0599. The van der Waals surface area contributed by atoms with Gasteiger partial charge in [-0.05, 0) is 6.92 Å². The number of quaternary nitrogens is 1. The zero-order chi connectivity index (χ0) is 8.54. The van der Waals surface area contributed by atoms with Crippen LogP contribution in [-0.4, -0.2) is 44.2 Å². The van der Waals surface area contributed by atoms with Crippen molar-refractivity contribution in [1.29, 1.82) is 0 Å². The standard InChI is InChI=1S/C6H13NO3S/c1-2-7(8)3-5-11(9,10)6-4-7/h2-6H2,1H3. The molecule has 0 spiro atoms. The van der Waals surface area contributed by atoms with Crippen molar-refractivity contribution in [1.82, 2.24) is 0 Å². The van der Waals surface area contributed by atoms with Gasteiger partial charge in [-0.2, -0.15) is 0 Å². The Morgan fingerprint density at radius 3 is 2.18 bits per heavy atom. The van der Waals surface area contributed by atoms with Gasteiger partial charge in [0.1, 0.15) is 0 Å². The third-order valence-electron chi connectivity index (χ3n) is 2.20. The van der Waals surface area contributed by atoms with Crippen molar-refractivity contribution < 1.29 is 13.1 Å². The maximum Gasteiger partial charge on any atom is 0.161 e. The molecule has 66 valence electrons. The largest absolute Gasteiger partial charge is 0.633 e. The number of nitrogens with zero attached hydrogens (tertiary/aromatic N) is 1. The van der Waals surface area contributed by atoms with E-state index in [-0.39, 0.29) is 29.2 Å². The fraction of sp³-hybridized carbons (Fsp3) is 1.00. The van der Waals surface area contributed by atoms with Gasteiger partial charge < -0.3 is 9.85 Å². The number of hydroxylamine groups is 3. The van der Waals surface area contributed by atoms with Gasteiger partial charge in [0.05, 0.1) is 31.1 Å². The predicted molar refractivity (Wildman–Crippen MR) is 42.6 cm³/mol. The normalized spacial score (nSPS) is 28.2. The van der Waals surface area contributed by atoms with Crippen molar-refractivity contribution in [3.8, 4) is 0 Å². The Kier molecular flexibility index (Phi) is 2.22. The van der Waals surface area contributed by atoms with Crippen molar-refractivity contribution in [3.05, 3.63) is 5.21 Å². The lowest BCUT2D eigenvalue weighted by molar-refractivity contribution is -0.875. The van der Waals surface area contributed by atoms with Crippen LogP contribution in [0, 0.1) is 5.21 Å². The summed E-state index contributed by atoms with van der Waals surface area (Å²) in [5, 5.41) is 11.5. The second-order valence-corrected chi connectivity index (χ2v) is 5.28. The van der Waals surface area contributed by atoms with E-state index in [4.69, 9.17) is 0 Å². The summed E-state index contributed by atoms with van der Waals surface area (Å²) in [7, 11) is -2.88. The van der Waals surface area contributed by atoms with E-state index in [0.29, 0.717) is 6.54 Å². The Morgan fingerprint density at radius 1 is 1.36 bits per heavy atom. The van der Waals surface area contributed by atoms with Gasteiger partial charge in [-0.3, -0.25) is 0 Å². The van der Waals surface area contributed by atoms with Gasteiger partial charge in [0.15, 0.2) is 9.84 Å². The summed E-state index contributed by atoms with van der Waals surface area (Å²) in [6, 6.07) is 0. The lowest BCUT2D eigenvalue weighted by Gasteiger charge is -2.44. The fourth-order valence-corrected chi connectivity index (χ4v) is 2.57. The fourth-order valence-electron chi connectivity index (χ4n) is 1.14. The summed E-state index contributed by atoms with van der Waals surface area (Å²) in [5.41, 5.74) is 0. The highest BCUT2D eigenvalue weighted by Crippen LogP contribution is 2.11. The van der Waals surface area contributed by atoms with E-state index < -0.39 is 9.84 Å². The molecule has 0 aromatic carbocycles. The topological polar surface area (TPSA) is 57.2 Å². The first-order chi connectivity index (χ1) is 4.97. The van der Waals surface area contributed by atoms with Crippen molar-refractivity contribution in [2.75, 3.05) is 31.1 Å². The van der Waals surface area contributed by atoms with E-state index in [1.54, 1.807) is 6.92 Å². The van der Waals surface area contributed by atoms with Crippen molar-refractivity contribution in [2.45, 2.75) is 6.92 Å². The molecular weight excluding hydrogens is 166 g/mol. The lowest BCUT2D eigenvalue weighted by Crippen LogP contribution is -2.52. The summed E-state index contributed by atoms with van der Waals surface area (Å²) in [6.07, 6.45) is 0. The van der Waals surface area contributed by atoms with Crippen LogP contribution in [0.15, 0.2) is 0 Å². The molecule has 0 amide bonds. The third-order valence-corrected chi connectivity index (χ3v) is 3.81. The SMILES string of the molecule is CC[N+]1([O-])CCS(=O)(=O)CC1. The minimum atomic E-state index is -2.88. The molecular formula is C6H13NO3S. The van der Waals surface area contributed by atoms with E-state index in [9.17, 15) is 13.6 Å². The van der Waals surface area contributed by atoms with Crippen LogP contribution < -0.4 is 0 Å². The second kappa shape index (κ2) is 2.73. The second-order valence-electron chi connectivity index (χ2n) is 2.97. The summed E-state index contributed by atoms with van der Waals surface area (Å²) in [5.74, 6) is 0.120. The summed E-state index contributed by atoms with van der Waals surface area (Å²) in [6.45, 7) is 2.75. The molecule has 1 heterocycles. The van der Waals surface area contributed by atoms with Crippen LogP contribution in [0.25, 0.3) is 0 Å². The predicted octanol–water partition coefficient (Wildman–Crippen LogP) is -0.251. The Bertz CT molecular complexity index is 220. The first-order valence-corrected chi connectivity index (χ1v) is 5.57. The number of hydrogen-bond acceptors (Lipinski definition) is 3. The van der Waals surface area contributed by atoms with Crippen LogP contribution in [0.1, 0.15) is 6.92 Å². The summed E-state index contributed by atoms with van der Waals surface area (Å²) < 4.78 is 21.5. The molecule has 0 aliphatic carbocycles. The first kappa shape index (κ1) is 8.96. The third kappa shape index (κ3) is 2.15. The Morgan fingerprint density at radius 2 is 1.82 bits per heavy atom. The van der Waals surface area contributed by atoms with Crippen LogP contribution >= 0.6 is 0 Å². The van der Waals surface area contributed by atoms with Crippen LogP contribution in [0.2, 0.25) is 0 Å². The molecule has 1 aliphatic rings. The Hall–Kier alpha value is -0.130. The number of sulfone groups is 1. The molecule has 1 aliphatic heterocycles. The van der Waals surface area contributed by atoms with Crippen molar-refractivity contribution >= 4 is 9.84 Å². The zero-order valence-corrected chi connectivity index (χ0v) is 7.43. The molecule has 0 N–H and O–H groups in total. The average molecular weight is 179 g/mol. The molecule has 0 bridgehead atoms. The molecule has 4 nitrogen and oxygen atoms in total. The molecule has 0 radical (unpaired) electrons. The molecule has 1 rings (SSSR count). The highest BCUT2D eigenvalue weighted by atomic mass is 32.2.